The molecule has 2 heterocycles. The van der Waals surface area contributed by atoms with E-state index in [9.17, 15) is 9.90 Å². The zero-order chi connectivity index (χ0) is 17.4. The van der Waals surface area contributed by atoms with Gasteiger partial charge in [0, 0.05) is 38.1 Å². The summed E-state index contributed by atoms with van der Waals surface area (Å²) in [5, 5.41) is 13.0. The highest BCUT2D eigenvalue weighted by Crippen LogP contribution is 2.55. The SMILES string of the molecule is CCCNC(=O)N1CC2(C1)[C@@H](c1ccccc1)[C@@H](CO)N2CC1CC1. The number of aliphatic hydroxyl groups excluding tert-OH is 1. The molecule has 5 nitrogen and oxygen atoms in total. The second-order valence-corrected chi connectivity index (χ2v) is 7.93. The van der Waals surface area contributed by atoms with Crippen LogP contribution in [0, 0.1) is 5.92 Å². The lowest BCUT2D eigenvalue weighted by Crippen LogP contribution is -2.85. The van der Waals surface area contributed by atoms with E-state index in [2.05, 4.69) is 41.4 Å². The van der Waals surface area contributed by atoms with E-state index >= 15 is 0 Å². The Labute approximate surface area is 150 Å². The third-order valence-corrected chi connectivity index (χ3v) is 6.18. The number of carbonyl (C=O) groups excluding carboxylic acids is 1. The second kappa shape index (κ2) is 6.61. The van der Waals surface area contributed by atoms with Gasteiger partial charge in [-0.2, -0.15) is 0 Å². The summed E-state index contributed by atoms with van der Waals surface area (Å²) in [6.45, 7) is 5.60. The summed E-state index contributed by atoms with van der Waals surface area (Å²) in [6, 6.07) is 10.8. The normalized spacial score (nSPS) is 27.7. The topological polar surface area (TPSA) is 55.8 Å². The fraction of sp³-hybridized carbons (Fsp3) is 0.650. The highest BCUT2D eigenvalue weighted by Gasteiger charge is 2.66. The number of hydrogen-bond acceptors (Lipinski definition) is 3. The van der Waals surface area contributed by atoms with Crippen LogP contribution < -0.4 is 5.32 Å². The van der Waals surface area contributed by atoms with Gasteiger partial charge in [0.1, 0.15) is 0 Å². The van der Waals surface area contributed by atoms with E-state index in [-0.39, 0.29) is 24.2 Å². The Morgan fingerprint density at radius 1 is 1.28 bits per heavy atom. The van der Waals surface area contributed by atoms with Crippen LogP contribution in [0.25, 0.3) is 0 Å². The number of hydrogen-bond donors (Lipinski definition) is 2. The van der Waals surface area contributed by atoms with Crippen molar-refractivity contribution in [3.63, 3.8) is 0 Å². The number of benzene rings is 1. The van der Waals surface area contributed by atoms with Crippen LogP contribution in [0.15, 0.2) is 30.3 Å². The molecule has 1 aromatic rings. The van der Waals surface area contributed by atoms with Crippen molar-refractivity contribution in [3.8, 4) is 0 Å². The Morgan fingerprint density at radius 2 is 2.00 bits per heavy atom. The lowest BCUT2D eigenvalue weighted by molar-refractivity contribution is -0.179. The lowest BCUT2D eigenvalue weighted by Gasteiger charge is -2.70. The van der Waals surface area contributed by atoms with Gasteiger partial charge in [-0.05, 0) is 30.7 Å². The molecule has 3 fully saturated rings. The van der Waals surface area contributed by atoms with Crippen molar-refractivity contribution in [1.29, 1.82) is 0 Å². The van der Waals surface area contributed by atoms with E-state index in [0.29, 0.717) is 5.92 Å². The third-order valence-electron chi connectivity index (χ3n) is 6.18. The molecule has 0 unspecified atom stereocenters. The smallest absolute Gasteiger partial charge is 0.317 e. The van der Waals surface area contributed by atoms with Gasteiger partial charge in [0.05, 0.1) is 12.1 Å². The Hall–Kier alpha value is -1.59. The van der Waals surface area contributed by atoms with Crippen LogP contribution in [0.2, 0.25) is 0 Å². The molecule has 0 bridgehead atoms. The third kappa shape index (κ3) is 2.83. The summed E-state index contributed by atoms with van der Waals surface area (Å²) in [4.78, 5) is 16.7. The molecule has 2 aliphatic heterocycles. The van der Waals surface area contributed by atoms with Crippen LogP contribution in [0.5, 0.6) is 0 Å². The summed E-state index contributed by atoms with van der Waals surface area (Å²) in [7, 11) is 0. The van der Waals surface area contributed by atoms with Crippen molar-refractivity contribution >= 4 is 6.03 Å². The summed E-state index contributed by atoms with van der Waals surface area (Å²) < 4.78 is 0. The standard InChI is InChI=1S/C20H29N3O2/c1-2-10-21-19(25)22-13-20(14-22)18(16-6-4-3-5-7-16)17(12-24)23(20)11-15-8-9-15/h3-7,15,17-18,24H,2,8-14H2,1H3,(H,21,25)/t17-,18+/m1/s1. The minimum Gasteiger partial charge on any atom is -0.395 e. The van der Waals surface area contributed by atoms with E-state index in [0.717, 1.165) is 38.5 Å². The molecule has 1 aliphatic carbocycles. The molecule has 1 saturated carbocycles. The molecule has 0 radical (unpaired) electrons. The zero-order valence-electron chi connectivity index (χ0n) is 15.0. The highest BCUT2D eigenvalue weighted by atomic mass is 16.3. The molecule has 4 rings (SSSR count). The number of aliphatic hydroxyl groups is 1. The zero-order valence-corrected chi connectivity index (χ0v) is 15.0. The molecule has 5 heteroatoms. The van der Waals surface area contributed by atoms with Crippen molar-refractivity contribution in [2.75, 3.05) is 32.8 Å². The molecular formula is C20H29N3O2. The quantitative estimate of drug-likeness (QED) is 0.831. The number of nitrogens with one attached hydrogen (secondary N) is 1. The van der Waals surface area contributed by atoms with Crippen molar-refractivity contribution in [2.24, 2.45) is 5.92 Å². The van der Waals surface area contributed by atoms with Crippen LogP contribution in [0.4, 0.5) is 4.79 Å². The maximum Gasteiger partial charge on any atom is 0.317 e. The summed E-state index contributed by atoms with van der Waals surface area (Å²) in [5.74, 6) is 1.10. The first-order chi connectivity index (χ1) is 12.2. The van der Waals surface area contributed by atoms with E-state index < -0.39 is 0 Å². The van der Waals surface area contributed by atoms with Gasteiger partial charge in [-0.15, -0.1) is 0 Å². The number of nitrogens with zero attached hydrogens (tertiary/aromatic N) is 2. The average molecular weight is 343 g/mol. The predicted octanol–water partition coefficient (Wildman–Crippen LogP) is 2.03. The molecule has 2 saturated heterocycles. The minimum atomic E-state index is 0.0148. The number of carbonyl (C=O) groups is 1. The Kier molecular flexibility index (Phi) is 4.46. The minimum absolute atomic E-state index is 0.0148. The van der Waals surface area contributed by atoms with Crippen molar-refractivity contribution < 1.29 is 9.90 Å². The van der Waals surface area contributed by atoms with Crippen molar-refractivity contribution in [3.05, 3.63) is 35.9 Å². The van der Waals surface area contributed by atoms with Crippen LogP contribution >= 0.6 is 0 Å². The Morgan fingerprint density at radius 3 is 2.60 bits per heavy atom. The van der Waals surface area contributed by atoms with E-state index in [1.807, 2.05) is 11.0 Å². The van der Waals surface area contributed by atoms with Gasteiger partial charge in [-0.1, -0.05) is 37.3 Å². The van der Waals surface area contributed by atoms with E-state index in [1.165, 1.54) is 18.4 Å². The molecule has 25 heavy (non-hydrogen) atoms. The molecule has 3 aliphatic rings. The molecule has 1 aromatic carbocycles. The van der Waals surface area contributed by atoms with Crippen molar-refractivity contribution in [1.82, 2.24) is 15.1 Å². The van der Waals surface area contributed by atoms with E-state index in [4.69, 9.17) is 0 Å². The summed E-state index contributed by atoms with van der Waals surface area (Å²) >= 11 is 0. The number of likely N-dealkylation sites (tertiary alicyclic amines) is 2. The molecule has 2 N–H and O–H groups in total. The summed E-state index contributed by atoms with van der Waals surface area (Å²) in [5.41, 5.74) is 1.31. The van der Waals surface area contributed by atoms with Crippen LogP contribution in [0.1, 0.15) is 37.7 Å². The number of rotatable bonds is 6. The first-order valence-corrected chi connectivity index (χ1v) is 9.65. The molecule has 136 valence electrons. The van der Waals surface area contributed by atoms with Gasteiger partial charge < -0.3 is 15.3 Å². The molecule has 0 aromatic heterocycles. The average Bonchev–Trinajstić information content (AvgIpc) is 3.40. The van der Waals surface area contributed by atoms with Gasteiger partial charge in [-0.25, -0.2) is 4.79 Å². The number of amides is 2. The monoisotopic (exact) mass is 343 g/mol. The van der Waals surface area contributed by atoms with Gasteiger partial charge in [0.2, 0.25) is 0 Å². The first kappa shape index (κ1) is 16.9. The van der Waals surface area contributed by atoms with E-state index in [1.54, 1.807) is 0 Å². The van der Waals surface area contributed by atoms with Crippen LogP contribution in [-0.2, 0) is 0 Å². The van der Waals surface area contributed by atoms with Crippen LogP contribution in [0.3, 0.4) is 0 Å². The maximum atomic E-state index is 12.3. The molecule has 2 amide bonds. The van der Waals surface area contributed by atoms with Crippen molar-refractivity contribution in [2.45, 2.75) is 43.7 Å². The Balaban J connectivity index is 1.52. The first-order valence-electron chi connectivity index (χ1n) is 9.65. The Bertz CT molecular complexity index is 611. The fourth-order valence-corrected chi connectivity index (χ4v) is 4.74. The lowest BCUT2D eigenvalue weighted by atomic mass is 9.60. The number of urea groups is 1. The molecule has 1 spiro atoms. The van der Waals surface area contributed by atoms with Crippen LogP contribution in [-0.4, -0.2) is 65.3 Å². The summed E-state index contributed by atoms with van der Waals surface area (Å²) in [6.07, 6.45) is 3.57. The predicted molar refractivity (Wildman–Crippen MR) is 97.5 cm³/mol. The largest absolute Gasteiger partial charge is 0.395 e. The second-order valence-electron chi connectivity index (χ2n) is 7.93. The van der Waals surface area contributed by atoms with Gasteiger partial charge in [0.25, 0.3) is 0 Å². The van der Waals surface area contributed by atoms with Gasteiger partial charge in [-0.3, -0.25) is 4.90 Å². The fourth-order valence-electron chi connectivity index (χ4n) is 4.74. The highest BCUT2D eigenvalue weighted by molar-refractivity contribution is 5.76. The van der Waals surface area contributed by atoms with Gasteiger partial charge >= 0.3 is 6.03 Å². The van der Waals surface area contributed by atoms with Gasteiger partial charge in [0.15, 0.2) is 0 Å². The maximum absolute atomic E-state index is 12.3. The molecular weight excluding hydrogens is 314 g/mol. The molecule has 2 atom stereocenters.